The van der Waals surface area contributed by atoms with E-state index >= 15 is 0 Å². The largest absolute Gasteiger partial charge is 0.496 e. The second-order valence-electron chi connectivity index (χ2n) is 6.74. The zero-order chi connectivity index (χ0) is 21.1. The van der Waals surface area contributed by atoms with Crippen molar-refractivity contribution in [3.05, 3.63) is 72.5 Å². The lowest BCUT2D eigenvalue weighted by molar-refractivity contribution is -0.122. The number of fused-ring (bicyclic) bond motifs is 1. The molecule has 152 valence electrons. The van der Waals surface area contributed by atoms with Crippen molar-refractivity contribution in [1.82, 2.24) is 10.2 Å². The van der Waals surface area contributed by atoms with Gasteiger partial charge in [-0.3, -0.25) is 9.89 Å². The van der Waals surface area contributed by atoms with Gasteiger partial charge in [-0.1, -0.05) is 24.3 Å². The first-order valence-corrected chi connectivity index (χ1v) is 9.40. The van der Waals surface area contributed by atoms with Crippen LogP contribution in [0.25, 0.3) is 22.0 Å². The van der Waals surface area contributed by atoms with Crippen LogP contribution in [-0.4, -0.2) is 29.3 Å². The predicted octanol–water partition coefficient (Wildman–Crippen LogP) is 4.78. The summed E-state index contributed by atoms with van der Waals surface area (Å²) in [7, 11) is 1.54. The number of hydrogen-bond donors (Lipinski definition) is 2. The van der Waals surface area contributed by atoms with Crippen LogP contribution in [0.15, 0.2) is 66.7 Å². The third-order valence-corrected chi connectivity index (χ3v) is 4.70. The highest BCUT2D eigenvalue weighted by molar-refractivity contribution is 6.02. The van der Waals surface area contributed by atoms with Crippen molar-refractivity contribution in [3.8, 4) is 22.6 Å². The van der Waals surface area contributed by atoms with Crippen LogP contribution in [0.4, 0.5) is 10.2 Å². The summed E-state index contributed by atoms with van der Waals surface area (Å²) < 4.78 is 24.7. The Hall–Kier alpha value is -3.87. The Morgan fingerprint density at radius 3 is 2.67 bits per heavy atom. The number of aromatic amines is 1. The highest BCUT2D eigenvalue weighted by Gasteiger charge is 2.18. The van der Waals surface area contributed by atoms with Crippen molar-refractivity contribution in [2.24, 2.45) is 0 Å². The number of anilines is 1. The van der Waals surface area contributed by atoms with Crippen molar-refractivity contribution < 1.29 is 18.7 Å². The highest BCUT2D eigenvalue weighted by atomic mass is 19.1. The van der Waals surface area contributed by atoms with Crippen molar-refractivity contribution in [2.45, 2.75) is 13.0 Å². The van der Waals surface area contributed by atoms with E-state index in [0.29, 0.717) is 28.4 Å². The van der Waals surface area contributed by atoms with Gasteiger partial charge in [0.15, 0.2) is 11.9 Å². The maximum Gasteiger partial charge on any atom is 0.266 e. The molecule has 0 aliphatic rings. The third kappa shape index (κ3) is 3.96. The van der Waals surface area contributed by atoms with Gasteiger partial charge in [0, 0.05) is 10.9 Å². The maximum atomic E-state index is 13.7. The minimum atomic E-state index is -0.699. The lowest BCUT2D eigenvalue weighted by atomic mass is 10.0. The smallest absolute Gasteiger partial charge is 0.266 e. The Kier molecular flexibility index (Phi) is 5.34. The average molecular weight is 405 g/mol. The van der Waals surface area contributed by atoms with E-state index in [0.717, 1.165) is 10.9 Å². The van der Waals surface area contributed by atoms with Crippen molar-refractivity contribution in [3.63, 3.8) is 0 Å². The molecule has 0 aliphatic heterocycles. The number of carbonyl (C=O) groups is 1. The second kappa shape index (κ2) is 8.24. The third-order valence-electron chi connectivity index (χ3n) is 4.70. The molecule has 0 bridgehead atoms. The SMILES string of the molecule is COc1ccc(F)cc1-c1ccc2c(NC(=O)C(C)Oc3ccccc3)n[nH]c2c1. The number of aromatic nitrogens is 2. The minimum Gasteiger partial charge on any atom is -0.496 e. The van der Waals surface area contributed by atoms with Crippen LogP contribution in [0.1, 0.15) is 6.92 Å². The van der Waals surface area contributed by atoms with E-state index in [1.54, 1.807) is 25.1 Å². The number of carbonyl (C=O) groups excluding carboxylic acids is 1. The number of nitrogens with zero attached hydrogens (tertiary/aromatic N) is 1. The van der Waals surface area contributed by atoms with Crippen molar-refractivity contribution in [2.75, 3.05) is 12.4 Å². The molecule has 30 heavy (non-hydrogen) atoms. The molecule has 3 aromatic carbocycles. The molecule has 4 rings (SSSR count). The normalized spacial score (nSPS) is 11.8. The van der Waals surface area contributed by atoms with E-state index in [1.165, 1.54) is 19.2 Å². The lowest BCUT2D eigenvalue weighted by Crippen LogP contribution is -2.30. The summed E-state index contributed by atoms with van der Waals surface area (Å²) in [6.07, 6.45) is -0.699. The number of methoxy groups -OCH3 is 1. The number of benzene rings is 3. The first-order valence-electron chi connectivity index (χ1n) is 9.40. The zero-order valence-electron chi connectivity index (χ0n) is 16.5. The van der Waals surface area contributed by atoms with Crippen LogP contribution in [0.5, 0.6) is 11.5 Å². The molecule has 0 saturated heterocycles. The summed E-state index contributed by atoms with van der Waals surface area (Å²) in [5.74, 6) is 0.909. The molecule has 6 nitrogen and oxygen atoms in total. The van der Waals surface area contributed by atoms with E-state index in [1.807, 2.05) is 36.4 Å². The van der Waals surface area contributed by atoms with E-state index in [-0.39, 0.29) is 11.7 Å². The first-order chi connectivity index (χ1) is 14.5. The zero-order valence-corrected chi connectivity index (χ0v) is 16.5. The Balaban J connectivity index is 1.56. The first kappa shape index (κ1) is 19.4. The summed E-state index contributed by atoms with van der Waals surface area (Å²) in [5.41, 5.74) is 2.09. The fourth-order valence-corrected chi connectivity index (χ4v) is 3.16. The number of rotatable bonds is 6. The maximum absolute atomic E-state index is 13.7. The van der Waals surface area contributed by atoms with Gasteiger partial charge in [0.1, 0.15) is 17.3 Å². The van der Waals surface area contributed by atoms with E-state index in [4.69, 9.17) is 9.47 Å². The molecular weight excluding hydrogens is 385 g/mol. The topological polar surface area (TPSA) is 76.2 Å². The van der Waals surface area contributed by atoms with Crippen LogP contribution >= 0.6 is 0 Å². The van der Waals surface area contributed by atoms with E-state index in [9.17, 15) is 9.18 Å². The monoisotopic (exact) mass is 405 g/mol. The molecule has 1 amide bonds. The molecule has 0 spiro atoms. The molecule has 0 radical (unpaired) electrons. The molecule has 0 aliphatic carbocycles. The van der Waals surface area contributed by atoms with Crippen molar-refractivity contribution >= 4 is 22.6 Å². The number of H-pyrrole nitrogens is 1. The van der Waals surface area contributed by atoms with Gasteiger partial charge in [0.05, 0.1) is 12.6 Å². The van der Waals surface area contributed by atoms with Gasteiger partial charge in [-0.25, -0.2) is 4.39 Å². The number of nitrogens with one attached hydrogen (secondary N) is 2. The Morgan fingerprint density at radius 2 is 1.90 bits per heavy atom. The van der Waals surface area contributed by atoms with Gasteiger partial charge in [-0.2, -0.15) is 5.10 Å². The predicted molar refractivity (Wildman–Crippen MR) is 113 cm³/mol. The summed E-state index contributed by atoms with van der Waals surface area (Å²) in [5, 5.41) is 10.6. The van der Waals surface area contributed by atoms with Crippen LogP contribution in [-0.2, 0) is 4.79 Å². The Labute approximate surface area is 172 Å². The second-order valence-corrected chi connectivity index (χ2v) is 6.74. The Bertz CT molecular complexity index is 1190. The average Bonchev–Trinajstić information content (AvgIpc) is 3.16. The minimum absolute atomic E-state index is 0.317. The molecule has 7 heteroatoms. The molecule has 0 fully saturated rings. The molecule has 4 aromatic rings. The van der Waals surface area contributed by atoms with E-state index in [2.05, 4.69) is 15.5 Å². The Morgan fingerprint density at radius 1 is 1.10 bits per heavy atom. The summed E-state index contributed by atoms with van der Waals surface area (Å²) in [4.78, 5) is 12.5. The number of hydrogen-bond acceptors (Lipinski definition) is 4. The van der Waals surface area contributed by atoms with Crippen LogP contribution < -0.4 is 14.8 Å². The van der Waals surface area contributed by atoms with Gasteiger partial charge < -0.3 is 14.8 Å². The molecular formula is C23H20FN3O3. The number of para-hydroxylation sites is 1. The van der Waals surface area contributed by atoms with Gasteiger partial charge in [-0.15, -0.1) is 0 Å². The van der Waals surface area contributed by atoms with Gasteiger partial charge in [-0.05, 0) is 55.0 Å². The number of ether oxygens (including phenoxy) is 2. The fraction of sp³-hybridized carbons (Fsp3) is 0.130. The lowest BCUT2D eigenvalue weighted by Gasteiger charge is -2.13. The molecule has 1 aromatic heterocycles. The van der Waals surface area contributed by atoms with E-state index < -0.39 is 6.10 Å². The van der Waals surface area contributed by atoms with Crippen LogP contribution in [0.2, 0.25) is 0 Å². The van der Waals surface area contributed by atoms with Gasteiger partial charge in [0.2, 0.25) is 0 Å². The molecule has 1 heterocycles. The highest BCUT2D eigenvalue weighted by Crippen LogP contribution is 2.33. The number of halogens is 1. The van der Waals surface area contributed by atoms with Gasteiger partial charge >= 0.3 is 0 Å². The summed E-state index contributed by atoms with van der Waals surface area (Å²) in [6.45, 7) is 1.67. The summed E-state index contributed by atoms with van der Waals surface area (Å²) in [6, 6.07) is 19.0. The molecule has 1 atom stereocenters. The quantitative estimate of drug-likeness (QED) is 0.484. The van der Waals surface area contributed by atoms with Gasteiger partial charge in [0.25, 0.3) is 5.91 Å². The molecule has 1 unspecified atom stereocenters. The standard InChI is InChI=1S/C23H20FN3O3/c1-14(30-17-6-4-3-5-7-17)23(28)25-22-18-10-8-15(12-20(18)26-27-22)19-13-16(24)9-11-21(19)29-2/h3-14H,1-2H3,(H2,25,26,27,28). The van der Waals surface area contributed by atoms with Crippen molar-refractivity contribution in [1.29, 1.82) is 0 Å². The molecule has 0 saturated carbocycles. The molecule has 2 N–H and O–H groups in total. The summed E-state index contributed by atoms with van der Waals surface area (Å²) >= 11 is 0. The number of amides is 1. The van der Waals surface area contributed by atoms with Crippen LogP contribution in [0.3, 0.4) is 0 Å². The fourth-order valence-electron chi connectivity index (χ4n) is 3.16. The van der Waals surface area contributed by atoms with Crippen LogP contribution in [0, 0.1) is 5.82 Å².